The average Bonchev–Trinajstić information content (AvgIpc) is 2.86. The predicted molar refractivity (Wildman–Crippen MR) is 130 cm³/mol. The summed E-state index contributed by atoms with van der Waals surface area (Å²) >= 11 is 0. The van der Waals surface area contributed by atoms with Gasteiger partial charge in [-0.25, -0.2) is 0 Å². The number of anilines is 1. The van der Waals surface area contributed by atoms with E-state index in [4.69, 9.17) is 0 Å². The number of amides is 2. The van der Waals surface area contributed by atoms with E-state index < -0.39 is 6.36 Å². The number of carbonyl (C=O) groups excluding carboxylic acids is 2. The van der Waals surface area contributed by atoms with Gasteiger partial charge in [0.15, 0.2) is 0 Å². The minimum atomic E-state index is -4.71. The van der Waals surface area contributed by atoms with Crippen molar-refractivity contribution in [2.75, 3.05) is 31.5 Å². The molecule has 1 aliphatic rings. The van der Waals surface area contributed by atoms with Gasteiger partial charge in [0, 0.05) is 49.5 Å². The Morgan fingerprint density at radius 2 is 1.56 bits per heavy atom. The van der Waals surface area contributed by atoms with E-state index in [-0.39, 0.29) is 17.6 Å². The minimum absolute atomic E-state index is 0.112. The van der Waals surface area contributed by atoms with E-state index in [0.717, 1.165) is 11.1 Å². The molecule has 4 rings (SSSR count). The highest BCUT2D eigenvalue weighted by atomic mass is 19.4. The molecular weight excluding hydrogens is 471 g/mol. The van der Waals surface area contributed by atoms with Crippen molar-refractivity contribution in [2.24, 2.45) is 0 Å². The van der Waals surface area contributed by atoms with Gasteiger partial charge in [0.1, 0.15) is 5.75 Å². The quantitative estimate of drug-likeness (QED) is 0.515. The highest BCUT2D eigenvalue weighted by Gasteiger charge is 2.31. The van der Waals surface area contributed by atoms with Gasteiger partial charge in [0.2, 0.25) is 0 Å². The van der Waals surface area contributed by atoms with E-state index in [9.17, 15) is 22.8 Å². The van der Waals surface area contributed by atoms with Crippen LogP contribution in [0.3, 0.4) is 0 Å². The van der Waals surface area contributed by atoms with Crippen LogP contribution < -0.4 is 10.1 Å². The predicted octanol–water partition coefficient (Wildman–Crippen LogP) is 5.10. The Bertz CT molecular complexity index is 1210. The molecular formula is C27H26F3N3O3. The molecule has 1 aliphatic heterocycles. The second-order valence-corrected chi connectivity index (χ2v) is 8.61. The highest BCUT2D eigenvalue weighted by molar-refractivity contribution is 6.05. The van der Waals surface area contributed by atoms with Gasteiger partial charge >= 0.3 is 6.36 Å². The fourth-order valence-electron chi connectivity index (χ4n) is 4.02. The van der Waals surface area contributed by atoms with E-state index in [1.54, 1.807) is 53.4 Å². The summed E-state index contributed by atoms with van der Waals surface area (Å²) in [5, 5.41) is 2.89. The maximum atomic E-state index is 13.1. The van der Waals surface area contributed by atoms with Crippen LogP contribution in [-0.2, 0) is 6.54 Å². The molecule has 0 unspecified atom stereocenters. The maximum absolute atomic E-state index is 13.1. The third-order valence-electron chi connectivity index (χ3n) is 5.99. The number of rotatable bonds is 6. The summed E-state index contributed by atoms with van der Waals surface area (Å²) in [4.78, 5) is 29.6. The lowest BCUT2D eigenvalue weighted by Gasteiger charge is -2.35. The number of halogens is 3. The first-order chi connectivity index (χ1) is 17.2. The zero-order valence-electron chi connectivity index (χ0n) is 19.7. The fourth-order valence-corrected chi connectivity index (χ4v) is 4.02. The number of ether oxygens (including phenoxy) is 1. The third kappa shape index (κ3) is 6.63. The molecule has 6 nitrogen and oxygen atoms in total. The SMILES string of the molecule is Cc1ccc(C(=O)N2CCN(Cc3ccc(OC(F)(F)F)cc3)CC2)cc1NC(=O)c1ccccc1. The molecule has 188 valence electrons. The molecule has 0 saturated carbocycles. The van der Waals surface area contributed by atoms with E-state index in [1.807, 2.05) is 19.1 Å². The van der Waals surface area contributed by atoms with Gasteiger partial charge in [-0.15, -0.1) is 13.2 Å². The van der Waals surface area contributed by atoms with Gasteiger partial charge in [-0.05, 0) is 54.4 Å². The number of benzene rings is 3. The van der Waals surface area contributed by atoms with Crippen LogP contribution in [0.2, 0.25) is 0 Å². The van der Waals surface area contributed by atoms with Gasteiger partial charge in [-0.3, -0.25) is 14.5 Å². The Kier molecular flexibility index (Phi) is 7.59. The van der Waals surface area contributed by atoms with Crippen LogP contribution in [0.1, 0.15) is 31.8 Å². The first kappa shape index (κ1) is 25.2. The number of hydrogen-bond acceptors (Lipinski definition) is 4. The average molecular weight is 498 g/mol. The molecule has 0 bridgehead atoms. The van der Waals surface area contributed by atoms with Crippen molar-refractivity contribution in [1.29, 1.82) is 0 Å². The smallest absolute Gasteiger partial charge is 0.406 e. The van der Waals surface area contributed by atoms with Crippen molar-refractivity contribution in [1.82, 2.24) is 9.80 Å². The van der Waals surface area contributed by atoms with Gasteiger partial charge in [0.25, 0.3) is 11.8 Å². The van der Waals surface area contributed by atoms with Crippen LogP contribution in [0.5, 0.6) is 5.75 Å². The van der Waals surface area contributed by atoms with E-state index in [2.05, 4.69) is 15.0 Å². The third-order valence-corrected chi connectivity index (χ3v) is 5.99. The van der Waals surface area contributed by atoms with E-state index in [0.29, 0.717) is 49.5 Å². The summed E-state index contributed by atoms with van der Waals surface area (Å²) in [6.07, 6.45) is -4.71. The Morgan fingerprint density at radius 1 is 0.889 bits per heavy atom. The lowest BCUT2D eigenvalue weighted by molar-refractivity contribution is -0.274. The number of aryl methyl sites for hydroxylation is 1. The van der Waals surface area contributed by atoms with Crippen molar-refractivity contribution in [2.45, 2.75) is 19.8 Å². The largest absolute Gasteiger partial charge is 0.573 e. The van der Waals surface area contributed by atoms with Gasteiger partial charge in [-0.2, -0.15) is 0 Å². The zero-order chi connectivity index (χ0) is 25.7. The van der Waals surface area contributed by atoms with Crippen molar-refractivity contribution in [3.05, 3.63) is 95.1 Å². The topological polar surface area (TPSA) is 61.9 Å². The normalized spacial score (nSPS) is 14.4. The van der Waals surface area contributed by atoms with Crippen LogP contribution in [0.4, 0.5) is 18.9 Å². The first-order valence-electron chi connectivity index (χ1n) is 11.5. The number of nitrogens with zero attached hydrogens (tertiary/aromatic N) is 2. The van der Waals surface area contributed by atoms with Gasteiger partial charge < -0.3 is 15.0 Å². The molecule has 36 heavy (non-hydrogen) atoms. The van der Waals surface area contributed by atoms with Crippen molar-refractivity contribution in [3.8, 4) is 5.75 Å². The summed E-state index contributed by atoms with van der Waals surface area (Å²) < 4.78 is 40.9. The van der Waals surface area contributed by atoms with Crippen molar-refractivity contribution < 1.29 is 27.5 Å². The molecule has 1 fully saturated rings. The standard InChI is InChI=1S/C27H26F3N3O3/c1-19-7-10-22(17-24(19)31-25(34)21-5-3-2-4-6-21)26(35)33-15-13-32(14-16-33)18-20-8-11-23(12-9-20)36-27(28,29)30/h2-12,17H,13-16,18H2,1H3,(H,31,34). The van der Waals surface area contributed by atoms with Crippen molar-refractivity contribution in [3.63, 3.8) is 0 Å². The number of piperazine rings is 1. The summed E-state index contributed by atoms with van der Waals surface area (Å²) in [6, 6.07) is 20.0. The van der Waals surface area contributed by atoms with Crippen LogP contribution in [0.25, 0.3) is 0 Å². The summed E-state index contributed by atoms with van der Waals surface area (Å²) in [5.41, 5.74) is 3.34. The van der Waals surface area contributed by atoms with Crippen LogP contribution in [0.15, 0.2) is 72.8 Å². The second kappa shape index (κ2) is 10.8. The zero-order valence-corrected chi connectivity index (χ0v) is 19.7. The number of hydrogen-bond donors (Lipinski definition) is 1. The Morgan fingerprint density at radius 3 is 2.19 bits per heavy atom. The van der Waals surface area contributed by atoms with Crippen LogP contribution >= 0.6 is 0 Å². The first-order valence-corrected chi connectivity index (χ1v) is 11.5. The summed E-state index contributed by atoms with van der Waals surface area (Å²) in [5.74, 6) is -0.604. The molecule has 0 atom stereocenters. The molecule has 9 heteroatoms. The van der Waals surface area contributed by atoms with Crippen LogP contribution in [-0.4, -0.2) is 54.2 Å². The lowest BCUT2D eigenvalue weighted by Crippen LogP contribution is -2.48. The summed E-state index contributed by atoms with van der Waals surface area (Å²) in [7, 11) is 0. The Hall–Kier alpha value is -3.85. The van der Waals surface area contributed by atoms with E-state index >= 15 is 0 Å². The molecule has 3 aromatic carbocycles. The van der Waals surface area contributed by atoms with Crippen molar-refractivity contribution >= 4 is 17.5 Å². The molecule has 1 saturated heterocycles. The minimum Gasteiger partial charge on any atom is -0.406 e. The van der Waals surface area contributed by atoms with E-state index in [1.165, 1.54) is 12.1 Å². The molecule has 2 amide bonds. The second-order valence-electron chi connectivity index (χ2n) is 8.61. The number of carbonyl (C=O) groups is 2. The highest BCUT2D eigenvalue weighted by Crippen LogP contribution is 2.24. The molecule has 0 aromatic heterocycles. The Balaban J connectivity index is 1.33. The lowest BCUT2D eigenvalue weighted by atomic mass is 10.1. The van der Waals surface area contributed by atoms with Gasteiger partial charge in [-0.1, -0.05) is 36.4 Å². The monoisotopic (exact) mass is 497 g/mol. The van der Waals surface area contributed by atoms with Crippen LogP contribution in [0, 0.1) is 6.92 Å². The molecule has 0 radical (unpaired) electrons. The molecule has 1 N–H and O–H groups in total. The molecule has 1 heterocycles. The molecule has 0 aliphatic carbocycles. The fraction of sp³-hybridized carbons (Fsp3) is 0.259. The number of nitrogens with one attached hydrogen (secondary N) is 1. The molecule has 3 aromatic rings. The molecule has 0 spiro atoms. The number of alkyl halides is 3. The Labute approximate surface area is 207 Å². The van der Waals surface area contributed by atoms with Gasteiger partial charge in [0.05, 0.1) is 0 Å². The summed E-state index contributed by atoms with van der Waals surface area (Å²) in [6.45, 7) is 4.75. The maximum Gasteiger partial charge on any atom is 0.573 e.